The van der Waals surface area contributed by atoms with Crippen molar-refractivity contribution in [3.05, 3.63) is 57.3 Å². The number of aryl methyl sites for hydroxylation is 1. The molecule has 2 aromatic carbocycles. The molecule has 0 fully saturated rings. The van der Waals surface area contributed by atoms with Crippen LogP contribution in [0.25, 0.3) is 10.2 Å². The van der Waals surface area contributed by atoms with E-state index in [2.05, 4.69) is 4.99 Å². The predicted molar refractivity (Wildman–Crippen MR) is 117 cm³/mol. The third kappa shape index (κ3) is 4.52. The predicted octanol–water partition coefficient (Wildman–Crippen LogP) is 4.03. The molecule has 0 aliphatic rings. The van der Waals surface area contributed by atoms with E-state index in [0.29, 0.717) is 15.4 Å². The summed E-state index contributed by atoms with van der Waals surface area (Å²) >= 11 is 7.62. The molecule has 152 valence electrons. The Kier molecular flexibility index (Phi) is 6.39. The number of fused-ring (bicyclic) bond motifs is 1. The fraction of sp³-hybridized carbons (Fsp3) is 0.286. The van der Waals surface area contributed by atoms with Crippen molar-refractivity contribution in [1.82, 2.24) is 4.57 Å². The summed E-state index contributed by atoms with van der Waals surface area (Å²) < 4.78 is 7.69. The quantitative estimate of drug-likeness (QED) is 0.572. The highest BCUT2D eigenvalue weighted by atomic mass is 35.5. The molecule has 0 radical (unpaired) electrons. The molecule has 8 heteroatoms. The molecule has 3 aromatic rings. The average Bonchev–Trinajstić information content (AvgIpc) is 3.02. The second kappa shape index (κ2) is 8.80. The van der Waals surface area contributed by atoms with Crippen LogP contribution in [-0.2, 0) is 16.1 Å². The SMILES string of the molecule is CCOC(=O)Cn1c(=NC(=O)c2ccc(N(C)C)cc2)sc2ccc(Cl)c(C)c21. The van der Waals surface area contributed by atoms with Gasteiger partial charge in [-0.15, -0.1) is 0 Å². The first-order chi connectivity index (χ1) is 13.8. The van der Waals surface area contributed by atoms with Crippen LogP contribution in [0.3, 0.4) is 0 Å². The lowest BCUT2D eigenvalue weighted by molar-refractivity contribution is -0.143. The molecule has 6 nitrogen and oxygen atoms in total. The Morgan fingerprint density at radius 3 is 2.48 bits per heavy atom. The van der Waals surface area contributed by atoms with Crippen LogP contribution in [-0.4, -0.2) is 37.1 Å². The molecule has 0 saturated heterocycles. The maximum atomic E-state index is 12.8. The number of hydrogen-bond donors (Lipinski definition) is 0. The lowest BCUT2D eigenvalue weighted by Gasteiger charge is -2.11. The summed E-state index contributed by atoms with van der Waals surface area (Å²) in [5, 5.41) is 0.588. The molecular formula is C21H22ClN3O3S. The minimum Gasteiger partial charge on any atom is -0.465 e. The van der Waals surface area contributed by atoms with E-state index in [0.717, 1.165) is 21.5 Å². The minimum absolute atomic E-state index is 0.0410. The van der Waals surface area contributed by atoms with Gasteiger partial charge in [0.25, 0.3) is 5.91 Å². The van der Waals surface area contributed by atoms with E-state index >= 15 is 0 Å². The fourth-order valence-electron chi connectivity index (χ4n) is 2.94. The number of halogens is 1. The second-order valence-electron chi connectivity index (χ2n) is 6.65. The van der Waals surface area contributed by atoms with Crippen molar-refractivity contribution in [2.24, 2.45) is 4.99 Å². The smallest absolute Gasteiger partial charge is 0.326 e. The Labute approximate surface area is 178 Å². The molecule has 1 aromatic heterocycles. The monoisotopic (exact) mass is 431 g/mol. The number of ether oxygens (including phenoxy) is 1. The first kappa shape index (κ1) is 21.1. The standard InChI is InChI=1S/C21H22ClN3O3S/c1-5-28-18(26)12-25-19-13(2)16(22)10-11-17(19)29-21(25)23-20(27)14-6-8-15(9-7-14)24(3)4/h6-11H,5,12H2,1-4H3. The van der Waals surface area contributed by atoms with Gasteiger partial charge in [0, 0.05) is 30.4 Å². The van der Waals surface area contributed by atoms with Crippen molar-refractivity contribution in [3.63, 3.8) is 0 Å². The van der Waals surface area contributed by atoms with Gasteiger partial charge in [-0.1, -0.05) is 22.9 Å². The summed E-state index contributed by atoms with van der Waals surface area (Å²) in [5.74, 6) is -0.765. The van der Waals surface area contributed by atoms with E-state index in [1.807, 2.05) is 44.1 Å². The van der Waals surface area contributed by atoms with Crippen LogP contribution >= 0.6 is 22.9 Å². The van der Waals surface area contributed by atoms with Gasteiger partial charge in [0.1, 0.15) is 6.54 Å². The normalized spacial score (nSPS) is 11.7. The topological polar surface area (TPSA) is 63.9 Å². The highest BCUT2D eigenvalue weighted by molar-refractivity contribution is 7.16. The summed E-state index contributed by atoms with van der Waals surface area (Å²) in [4.78, 5) is 31.6. The summed E-state index contributed by atoms with van der Waals surface area (Å²) in [5.41, 5.74) is 3.08. The molecule has 29 heavy (non-hydrogen) atoms. The molecule has 0 aliphatic carbocycles. The van der Waals surface area contributed by atoms with Gasteiger partial charge < -0.3 is 14.2 Å². The Bertz CT molecular complexity index is 1130. The number of nitrogens with zero attached hydrogens (tertiary/aromatic N) is 3. The van der Waals surface area contributed by atoms with Gasteiger partial charge in [-0.25, -0.2) is 0 Å². The third-order valence-corrected chi connectivity index (χ3v) is 5.90. The molecule has 1 heterocycles. The lowest BCUT2D eigenvalue weighted by Crippen LogP contribution is -2.23. The molecule has 0 bridgehead atoms. The number of anilines is 1. The zero-order valence-corrected chi connectivity index (χ0v) is 18.3. The van der Waals surface area contributed by atoms with Crippen molar-refractivity contribution in [2.45, 2.75) is 20.4 Å². The Hall–Kier alpha value is -2.64. The Morgan fingerprint density at radius 1 is 1.17 bits per heavy atom. The van der Waals surface area contributed by atoms with Gasteiger partial charge in [-0.2, -0.15) is 4.99 Å². The lowest BCUT2D eigenvalue weighted by atomic mass is 10.2. The molecule has 0 aliphatic heterocycles. The van der Waals surface area contributed by atoms with Crippen molar-refractivity contribution in [1.29, 1.82) is 0 Å². The number of aromatic nitrogens is 1. The van der Waals surface area contributed by atoms with E-state index in [1.54, 1.807) is 29.7 Å². The maximum Gasteiger partial charge on any atom is 0.326 e. The van der Waals surface area contributed by atoms with Gasteiger partial charge in [-0.05, 0) is 55.8 Å². The number of benzene rings is 2. The molecule has 3 rings (SSSR count). The highest BCUT2D eigenvalue weighted by Crippen LogP contribution is 2.27. The number of carbonyl (C=O) groups excluding carboxylic acids is 2. The van der Waals surface area contributed by atoms with Crippen LogP contribution in [0.15, 0.2) is 41.4 Å². The molecule has 0 atom stereocenters. The van der Waals surface area contributed by atoms with Crippen molar-refractivity contribution in [3.8, 4) is 0 Å². The van der Waals surface area contributed by atoms with Crippen LogP contribution in [0.2, 0.25) is 5.02 Å². The van der Waals surface area contributed by atoms with Crippen LogP contribution in [0, 0.1) is 6.92 Å². The van der Waals surface area contributed by atoms with Gasteiger partial charge in [-0.3, -0.25) is 9.59 Å². The Morgan fingerprint density at radius 2 is 1.86 bits per heavy atom. The molecular weight excluding hydrogens is 410 g/mol. The average molecular weight is 432 g/mol. The number of amides is 1. The van der Waals surface area contributed by atoms with Crippen LogP contribution < -0.4 is 9.70 Å². The fourth-order valence-corrected chi connectivity index (χ4v) is 4.18. The van der Waals surface area contributed by atoms with E-state index in [1.165, 1.54) is 11.3 Å². The first-order valence-electron chi connectivity index (χ1n) is 9.12. The van der Waals surface area contributed by atoms with E-state index in [-0.39, 0.29) is 19.1 Å². The number of thiazole rings is 1. The molecule has 0 spiro atoms. The van der Waals surface area contributed by atoms with Gasteiger partial charge in [0.2, 0.25) is 0 Å². The number of carbonyl (C=O) groups is 2. The maximum absolute atomic E-state index is 12.8. The first-order valence-corrected chi connectivity index (χ1v) is 10.3. The minimum atomic E-state index is -0.393. The van der Waals surface area contributed by atoms with Crippen molar-refractivity contribution < 1.29 is 14.3 Å². The highest BCUT2D eigenvalue weighted by Gasteiger charge is 2.16. The van der Waals surface area contributed by atoms with E-state index < -0.39 is 5.97 Å². The summed E-state index contributed by atoms with van der Waals surface area (Å²) in [7, 11) is 3.87. The molecule has 0 N–H and O–H groups in total. The zero-order valence-electron chi connectivity index (χ0n) is 16.7. The van der Waals surface area contributed by atoms with Crippen LogP contribution in [0.4, 0.5) is 5.69 Å². The molecule has 0 saturated carbocycles. The van der Waals surface area contributed by atoms with E-state index in [4.69, 9.17) is 16.3 Å². The summed E-state index contributed by atoms with van der Waals surface area (Å²) in [6.45, 7) is 3.87. The van der Waals surface area contributed by atoms with Gasteiger partial charge in [0.15, 0.2) is 4.80 Å². The molecule has 0 unspecified atom stereocenters. The van der Waals surface area contributed by atoms with Gasteiger partial charge in [0.05, 0.1) is 16.8 Å². The zero-order chi connectivity index (χ0) is 21.1. The summed E-state index contributed by atoms with van der Waals surface area (Å²) in [6, 6.07) is 10.9. The summed E-state index contributed by atoms with van der Waals surface area (Å²) in [6.07, 6.45) is 0. The number of esters is 1. The Balaban J connectivity index is 2.10. The van der Waals surface area contributed by atoms with Gasteiger partial charge >= 0.3 is 5.97 Å². The van der Waals surface area contributed by atoms with Crippen LogP contribution in [0.5, 0.6) is 0 Å². The third-order valence-electron chi connectivity index (χ3n) is 4.45. The number of rotatable bonds is 5. The van der Waals surface area contributed by atoms with E-state index in [9.17, 15) is 9.59 Å². The van der Waals surface area contributed by atoms with Crippen molar-refractivity contribution in [2.75, 3.05) is 25.6 Å². The van der Waals surface area contributed by atoms with Crippen molar-refractivity contribution >= 4 is 50.7 Å². The molecule has 1 amide bonds. The van der Waals surface area contributed by atoms with Crippen LogP contribution in [0.1, 0.15) is 22.8 Å². The second-order valence-corrected chi connectivity index (χ2v) is 8.07. The largest absolute Gasteiger partial charge is 0.465 e. The number of hydrogen-bond acceptors (Lipinski definition) is 5.